The average Bonchev–Trinajstić information content (AvgIpc) is 3.10. The van der Waals surface area contributed by atoms with Crippen molar-refractivity contribution in [1.29, 1.82) is 0 Å². The van der Waals surface area contributed by atoms with Crippen molar-refractivity contribution < 1.29 is 14.3 Å². The zero-order valence-corrected chi connectivity index (χ0v) is 18.2. The molecule has 2 amide bonds. The first-order chi connectivity index (χ1) is 15.0. The maximum absolute atomic E-state index is 12.9. The number of piperazine rings is 1. The first-order valence-corrected chi connectivity index (χ1v) is 10.6. The average molecular weight is 422 g/mol. The van der Waals surface area contributed by atoms with Crippen LogP contribution in [0.4, 0.5) is 4.79 Å². The summed E-state index contributed by atoms with van der Waals surface area (Å²) in [6.07, 6.45) is 1.44. The van der Waals surface area contributed by atoms with E-state index in [1.54, 1.807) is 27.6 Å². The lowest BCUT2D eigenvalue weighted by molar-refractivity contribution is -0.133. The summed E-state index contributed by atoms with van der Waals surface area (Å²) in [5.74, 6) is -0.0320. The monoisotopic (exact) mass is 421 g/mol. The molecule has 0 unspecified atom stereocenters. The molecule has 31 heavy (non-hydrogen) atoms. The molecule has 0 spiro atoms. The van der Waals surface area contributed by atoms with Gasteiger partial charge in [0.1, 0.15) is 6.54 Å². The maximum Gasteiger partial charge on any atom is 0.409 e. The van der Waals surface area contributed by atoms with Crippen molar-refractivity contribution in [3.05, 3.63) is 47.8 Å². The highest BCUT2D eigenvalue weighted by molar-refractivity contribution is 5.95. The van der Waals surface area contributed by atoms with Crippen LogP contribution in [-0.2, 0) is 16.1 Å². The van der Waals surface area contributed by atoms with Crippen LogP contribution in [0.25, 0.3) is 22.2 Å². The Hall–Kier alpha value is -3.42. The van der Waals surface area contributed by atoms with Crippen LogP contribution < -0.4 is 0 Å². The summed E-state index contributed by atoms with van der Waals surface area (Å²) in [7, 11) is 0. The molecular formula is C23H27N5O3. The van der Waals surface area contributed by atoms with Gasteiger partial charge >= 0.3 is 6.09 Å². The number of carbonyl (C=O) groups is 2. The Morgan fingerprint density at radius 3 is 2.35 bits per heavy atom. The minimum absolute atomic E-state index is 0.0320. The van der Waals surface area contributed by atoms with Crippen LogP contribution in [0.1, 0.15) is 18.2 Å². The predicted octanol–water partition coefficient (Wildman–Crippen LogP) is 3.02. The number of benzene rings is 1. The standard InChI is InChI=1S/C23H27N5O3/c1-4-31-23(30)27-13-11-26(12-14-27)20(29)15-28-22-21(17(3)25-28)19(9-10-24-22)18-7-5-16(2)6-8-18/h5-10H,4,11-15H2,1-3H3. The number of ether oxygens (including phenoxy) is 1. The predicted molar refractivity (Wildman–Crippen MR) is 118 cm³/mol. The maximum atomic E-state index is 12.9. The van der Waals surface area contributed by atoms with Gasteiger partial charge in [0.05, 0.1) is 12.3 Å². The molecule has 8 heteroatoms. The Morgan fingerprint density at radius 2 is 1.68 bits per heavy atom. The van der Waals surface area contributed by atoms with Gasteiger partial charge in [-0.25, -0.2) is 14.5 Å². The third kappa shape index (κ3) is 4.23. The Balaban J connectivity index is 1.52. The van der Waals surface area contributed by atoms with Gasteiger partial charge in [-0.15, -0.1) is 0 Å². The molecule has 1 fully saturated rings. The molecule has 1 saturated heterocycles. The number of aryl methyl sites for hydroxylation is 2. The van der Waals surface area contributed by atoms with Gasteiger partial charge in [-0.05, 0) is 38.0 Å². The fraction of sp³-hybridized carbons (Fsp3) is 0.391. The van der Waals surface area contributed by atoms with E-state index in [9.17, 15) is 9.59 Å². The Bertz CT molecular complexity index is 1100. The second-order valence-corrected chi connectivity index (χ2v) is 7.73. The van der Waals surface area contributed by atoms with Gasteiger partial charge in [0.25, 0.3) is 0 Å². The number of nitrogens with zero attached hydrogens (tertiary/aromatic N) is 5. The lowest BCUT2D eigenvalue weighted by Crippen LogP contribution is -2.51. The molecule has 3 aromatic rings. The largest absolute Gasteiger partial charge is 0.450 e. The van der Waals surface area contributed by atoms with Gasteiger partial charge in [-0.1, -0.05) is 29.8 Å². The molecule has 4 rings (SSSR count). The Morgan fingerprint density at radius 1 is 1.00 bits per heavy atom. The lowest BCUT2D eigenvalue weighted by atomic mass is 10.0. The minimum atomic E-state index is -0.323. The molecule has 162 valence electrons. The zero-order chi connectivity index (χ0) is 22.0. The highest BCUT2D eigenvalue weighted by atomic mass is 16.6. The van der Waals surface area contributed by atoms with Crippen LogP contribution in [0, 0.1) is 13.8 Å². The van der Waals surface area contributed by atoms with E-state index in [0.717, 1.165) is 22.2 Å². The molecule has 8 nitrogen and oxygen atoms in total. The van der Waals surface area contributed by atoms with Crippen LogP contribution in [-0.4, -0.2) is 69.4 Å². The van der Waals surface area contributed by atoms with Gasteiger partial charge in [-0.2, -0.15) is 5.10 Å². The van der Waals surface area contributed by atoms with Crippen LogP contribution in [0.5, 0.6) is 0 Å². The normalized spacial score (nSPS) is 14.2. The van der Waals surface area contributed by atoms with E-state index in [-0.39, 0.29) is 18.5 Å². The molecular weight excluding hydrogens is 394 g/mol. The summed E-state index contributed by atoms with van der Waals surface area (Å²) >= 11 is 0. The van der Waals surface area contributed by atoms with Gasteiger partial charge in [0.15, 0.2) is 5.65 Å². The first kappa shape index (κ1) is 20.8. The van der Waals surface area contributed by atoms with E-state index >= 15 is 0 Å². The smallest absolute Gasteiger partial charge is 0.409 e. The SMILES string of the molecule is CCOC(=O)N1CCN(C(=O)Cn2nc(C)c3c(-c4ccc(C)cc4)ccnc32)CC1. The second kappa shape index (κ2) is 8.75. The number of amides is 2. The van der Waals surface area contributed by atoms with Crippen molar-refractivity contribution in [2.75, 3.05) is 32.8 Å². The van der Waals surface area contributed by atoms with E-state index in [1.807, 2.05) is 13.0 Å². The third-order valence-corrected chi connectivity index (χ3v) is 5.61. The molecule has 0 bridgehead atoms. The molecule has 1 aromatic carbocycles. The summed E-state index contributed by atoms with van der Waals surface area (Å²) in [6, 6.07) is 10.3. The summed E-state index contributed by atoms with van der Waals surface area (Å²) in [6.45, 7) is 8.17. The van der Waals surface area contributed by atoms with Crippen molar-refractivity contribution in [3.8, 4) is 11.1 Å². The van der Waals surface area contributed by atoms with Gasteiger partial charge < -0.3 is 14.5 Å². The van der Waals surface area contributed by atoms with Gasteiger partial charge in [-0.3, -0.25) is 4.79 Å². The van der Waals surface area contributed by atoms with Gasteiger partial charge in [0.2, 0.25) is 5.91 Å². The highest BCUT2D eigenvalue weighted by Crippen LogP contribution is 2.30. The summed E-state index contributed by atoms with van der Waals surface area (Å²) < 4.78 is 6.72. The number of aromatic nitrogens is 3. The van der Waals surface area contributed by atoms with Gasteiger partial charge in [0, 0.05) is 37.8 Å². The zero-order valence-electron chi connectivity index (χ0n) is 18.2. The molecule has 0 saturated carbocycles. The minimum Gasteiger partial charge on any atom is -0.450 e. The molecule has 2 aromatic heterocycles. The van der Waals surface area contributed by atoms with E-state index in [1.165, 1.54) is 5.56 Å². The van der Waals surface area contributed by atoms with Crippen LogP contribution in [0.3, 0.4) is 0 Å². The molecule has 0 atom stereocenters. The quantitative estimate of drug-likeness (QED) is 0.647. The van der Waals surface area contributed by atoms with Crippen LogP contribution in [0.15, 0.2) is 36.5 Å². The highest BCUT2D eigenvalue weighted by Gasteiger charge is 2.26. The molecule has 0 N–H and O–H groups in total. The van der Waals surface area contributed by atoms with E-state index in [2.05, 4.69) is 41.3 Å². The van der Waals surface area contributed by atoms with Crippen molar-refractivity contribution in [2.45, 2.75) is 27.3 Å². The third-order valence-electron chi connectivity index (χ3n) is 5.61. The topological polar surface area (TPSA) is 80.6 Å². The molecule has 1 aliphatic heterocycles. The number of hydrogen-bond donors (Lipinski definition) is 0. The van der Waals surface area contributed by atoms with Crippen LogP contribution >= 0.6 is 0 Å². The number of hydrogen-bond acceptors (Lipinski definition) is 5. The summed E-state index contributed by atoms with van der Waals surface area (Å²) in [5, 5.41) is 5.58. The molecule has 3 heterocycles. The summed E-state index contributed by atoms with van der Waals surface area (Å²) in [4.78, 5) is 32.7. The Kier molecular flexibility index (Phi) is 5.88. The van der Waals surface area contributed by atoms with Crippen molar-refractivity contribution >= 4 is 23.0 Å². The van der Waals surface area contributed by atoms with E-state index in [0.29, 0.717) is 38.4 Å². The number of pyridine rings is 1. The van der Waals surface area contributed by atoms with Crippen molar-refractivity contribution in [1.82, 2.24) is 24.6 Å². The lowest BCUT2D eigenvalue weighted by Gasteiger charge is -2.34. The molecule has 0 radical (unpaired) electrons. The number of fused-ring (bicyclic) bond motifs is 1. The van der Waals surface area contributed by atoms with Crippen LogP contribution in [0.2, 0.25) is 0 Å². The fourth-order valence-corrected chi connectivity index (χ4v) is 3.95. The second-order valence-electron chi connectivity index (χ2n) is 7.73. The van der Waals surface area contributed by atoms with Crippen molar-refractivity contribution in [3.63, 3.8) is 0 Å². The number of rotatable bonds is 4. The van der Waals surface area contributed by atoms with E-state index < -0.39 is 0 Å². The Labute approximate surface area is 181 Å². The van der Waals surface area contributed by atoms with Crippen molar-refractivity contribution in [2.24, 2.45) is 0 Å². The first-order valence-electron chi connectivity index (χ1n) is 10.6. The number of carbonyl (C=O) groups excluding carboxylic acids is 2. The molecule has 1 aliphatic rings. The van der Waals surface area contributed by atoms with E-state index in [4.69, 9.17) is 4.74 Å². The summed E-state index contributed by atoms with van der Waals surface area (Å²) in [5.41, 5.74) is 4.91. The fourth-order valence-electron chi connectivity index (χ4n) is 3.95. The molecule has 0 aliphatic carbocycles.